The Labute approximate surface area is 145 Å². The Bertz CT molecular complexity index is 965. The van der Waals surface area contributed by atoms with Crippen LogP contribution in [-0.2, 0) is 10.0 Å². The van der Waals surface area contributed by atoms with Crippen LogP contribution in [0.4, 0.5) is 4.39 Å². The van der Waals surface area contributed by atoms with Crippen molar-refractivity contribution in [2.24, 2.45) is 0 Å². The molecule has 25 heavy (non-hydrogen) atoms. The van der Waals surface area contributed by atoms with E-state index in [4.69, 9.17) is 4.42 Å². The zero-order valence-corrected chi connectivity index (χ0v) is 14.6. The molecule has 0 radical (unpaired) electrons. The molecule has 2 aromatic heterocycles. The number of rotatable bonds is 6. The second-order valence-electron chi connectivity index (χ2n) is 5.69. The van der Waals surface area contributed by atoms with E-state index in [1.807, 2.05) is 19.9 Å². The highest BCUT2D eigenvalue weighted by Crippen LogP contribution is 2.21. The van der Waals surface area contributed by atoms with Gasteiger partial charge in [-0.2, -0.15) is 5.10 Å². The van der Waals surface area contributed by atoms with Gasteiger partial charge in [0.05, 0.1) is 12.0 Å². The van der Waals surface area contributed by atoms with Crippen LogP contribution in [0.15, 0.2) is 58.0 Å². The molecule has 2 heterocycles. The number of nitrogens with one attached hydrogen (secondary N) is 1. The summed E-state index contributed by atoms with van der Waals surface area (Å²) in [5, 5.41) is 4.41. The van der Waals surface area contributed by atoms with Gasteiger partial charge in [0.15, 0.2) is 0 Å². The summed E-state index contributed by atoms with van der Waals surface area (Å²) in [5.41, 5.74) is 1.68. The molecule has 8 heteroatoms. The number of hydrogen-bond donors (Lipinski definition) is 1. The van der Waals surface area contributed by atoms with Crippen molar-refractivity contribution in [2.45, 2.75) is 24.8 Å². The number of hydrogen-bond acceptors (Lipinski definition) is 4. The Hall–Kier alpha value is -2.45. The van der Waals surface area contributed by atoms with Crippen molar-refractivity contribution in [3.05, 3.63) is 71.7 Å². The second-order valence-corrected chi connectivity index (χ2v) is 7.42. The lowest BCUT2D eigenvalue weighted by atomic mass is 10.2. The molecule has 0 spiro atoms. The quantitative estimate of drug-likeness (QED) is 0.731. The summed E-state index contributed by atoms with van der Waals surface area (Å²) >= 11 is 0. The Balaban J connectivity index is 1.90. The predicted molar refractivity (Wildman–Crippen MR) is 90.1 cm³/mol. The summed E-state index contributed by atoms with van der Waals surface area (Å²) in [4.78, 5) is -0.387. The van der Waals surface area contributed by atoms with Gasteiger partial charge in [0.1, 0.15) is 22.5 Å². The van der Waals surface area contributed by atoms with Gasteiger partial charge in [-0.15, -0.1) is 0 Å². The van der Waals surface area contributed by atoms with Gasteiger partial charge in [0.25, 0.3) is 0 Å². The van der Waals surface area contributed by atoms with E-state index in [9.17, 15) is 12.8 Å². The average molecular weight is 363 g/mol. The molecule has 0 saturated heterocycles. The number of nitrogens with zero attached hydrogens (tertiary/aromatic N) is 2. The molecule has 0 aliphatic heterocycles. The van der Waals surface area contributed by atoms with E-state index in [1.165, 1.54) is 24.5 Å². The van der Waals surface area contributed by atoms with Gasteiger partial charge < -0.3 is 4.42 Å². The lowest BCUT2D eigenvalue weighted by Crippen LogP contribution is -2.32. The van der Waals surface area contributed by atoms with Crippen LogP contribution in [0.1, 0.15) is 23.2 Å². The first kappa shape index (κ1) is 17.4. The van der Waals surface area contributed by atoms with Crippen molar-refractivity contribution in [3.63, 3.8) is 0 Å². The van der Waals surface area contributed by atoms with Gasteiger partial charge in [-0.3, -0.25) is 4.68 Å². The van der Waals surface area contributed by atoms with Crippen LogP contribution >= 0.6 is 0 Å². The van der Waals surface area contributed by atoms with Crippen molar-refractivity contribution < 1.29 is 17.2 Å². The highest BCUT2D eigenvalue weighted by Gasteiger charge is 2.24. The number of furan rings is 1. The van der Waals surface area contributed by atoms with E-state index in [-0.39, 0.29) is 11.4 Å². The van der Waals surface area contributed by atoms with Crippen LogP contribution in [0, 0.1) is 19.7 Å². The first-order valence-electron chi connectivity index (χ1n) is 7.69. The van der Waals surface area contributed by atoms with Crippen LogP contribution in [0.25, 0.3) is 0 Å². The van der Waals surface area contributed by atoms with Crippen molar-refractivity contribution in [1.82, 2.24) is 14.5 Å². The summed E-state index contributed by atoms with van der Waals surface area (Å²) in [6.45, 7) is 3.71. The molecule has 6 nitrogen and oxygen atoms in total. The average Bonchev–Trinajstić information content (AvgIpc) is 3.18. The van der Waals surface area contributed by atoms with Crippen LogP contribution in [-0.4, -0.2) is 24.7 Å². The lowest BCUT2D eigenvalue weighted by molar-refractivity contribution is 0.396. The molecule has 1 aromatic carbocycles. The molecule has 0 fully saturated rings. The molecule has 1 unspecified atom stereocenters. The highest BCUT2D eigenvalue weighted by molar-refractivity contribution is 7.89. The van der Waals surface area contributed by atoms with Crippen LogP contribution in [0.3, 0.4) is 0 Å². The third-order valence-corrected chi connectivity index (χ3v) is 5.26. The van der Waals surface area contributed by atoms with Gasteiger partial charge in [0, 0.05) is 12.2 Å². The molecule has 0 bridgehead atoms. The van der Waals surface area contributed by atoms with Gasteiger partial charge in [-0.25, -0.2) is 17.5 Å². The Morgan fingerprint density at radius 2 is 2.00 bits per heavy atom. The number of benzene rings is 1. The lowest BCUT2D eigenvalue weighted by Gasteiger charge is -2.18. The number of sulfonamides is 1. The predicted octanol–water partition coefficient (Wildman–Crippen LogP) is 2.80. The monoisotopic (exact) mass is 363 g/mol. The van der Waals surface area contributed by atoms with Gasteiger partial charge in [-0.1, -0.05) is 12.1 Å². The summed E-state index contributed by atoms with van der Waals surface area (Å²) in [6, 6.07) is 10.1. The summed E-state index contributed by atoms with van der Waals surface area (Å²) in [6.07, 6.45) is 1.51. The van der Waals surface area contributed by atoms with E-state index in [1.54, 1.807) is 16.8 Å². The number of aryl methyl sites for hydroxylation is 2. The van der Waals surface area contributed by atoms with E-state index in [0.717, 1.165) is 17.5 Å². The minimum atomic E-state index is -4.00. The smallest absolute Gasteiger partial charge is 0.243 e. The fourth-order valence-electron chi connectivity index (χ4n) is 2.68. The Morgan fingerprint density at radius 3 is 2.60 bits per heavy atom. The summed E-state index contributed by atoms with van der Waals surface area (Å²) in [5.74, 6) is -0.238. The first-order chi connectivity index (χ1) is 11.9. The minimum absolute atomic E-state index is 0.0217. The molecular formula is C17H18FN3O3S. The molecule has 3 aromatic rings. The molecule has 132 valence electrons. The van der Waals surface area contributed by atoms with E-state index in [0.29, 0.717) is 5.76 Å². The molecule has 0 amide bonds. The van der Waals surface area contributed by atoms with Gasteiger partial charge >= 0.3 is 0 Å². The Kier molecular flexibility index (Phi) is 4.73. The number of halogens is 1. The topological polar surface area (TPSA) is 77.1 Å². The van der Waals surface area contributed by atoms with Crippen LogP contribution in [0.2, 0.25) is 0 Å². The van der Waals surface area contributed by atoms with Crippen molar-refractivity contribution in [1.29, 1.82) is 0 Å². The summed E-state index contributed by atoms with van der Waals surface area (Å²) in [7, 11) is -4.00. The molecule has 1 N–H and O–H groups in total. The molecule has 3 rings (SSSR count). The maximum Gasteiger partial charge on any atom is 0.243 e. The first-order valence-corrected chi connectivity index (χ1v) is 9.17. The molecule has 0 aliphatic rings. The molecule has 0 saturated carbocycles. The molecular weight excluding hydrogens is 345 g/mol. The zero-order valence-electron chi connectivity index (χ0n) is 13.8. The van der Waals surface area contributed by atoms with Crippen molar-refractivity contribution >= 4 is 10.0 Å². The molecule has 0 aliphatic carbocycles. The summed E-state index contributed by atoms with van der Waals surface area (Å²) < 4.78 is 48.3. The second kappa shape index (κ2) is 6.81. The third-order valence-electron chi connectivity index (χ3n) is 3.80. The number of aromatic nitrogens is 2. The van der Waals surface area contributed by atoms with Crippen LogP contribution < -0.4 is 4.72 Å². The highest BCUT2D eigenvalue weighted by atomic mass is 32.2. The fraction of sp³-hybridized carbons (Fsp3) is 0.235. The molecule has 1 atom stereocenters. The van der Waals surface area contributed by atoms with Crippen molar-refractivity contribution in [2.75, 3.05) is 6.54 Å². The third kappa shape index (κ3) is 3.64. The van der Waals surface area contributed by atoms with E-state index < -0.39 is 21.9 Å². The largest absolute Gasteiger partial charge is 0.467 e. The van der Waals surface area contributed by atoms with E-state index in [2.05, 4.69) is 9.82 Å². The van der Waals surface area contributed by atoms with Crippen molar-refractivity contribution in [3.8, 4) is 0 Å². The maximum absolute atomic E-state index is 13.8. The van der Waals surface area contributed by atoms with E-state index >= 15 is 0 Å². The van der Waals surface area contributed by atoms with Crippen LogP contribution in [0.5, 0.6) is 0 Å². The maximum atomic E-state index is 13.8. The minimum Gasteiger partial charge on any atom is -0.467 e. The standard InChI is InChI=1S/C17H18FN3O3S/c1-12-10-13(2)21(20-12)15(16-7-5-9-24-16)11-19-25(22,23)17-8-4-3-6-14(17)18/h3-10,15,19H,11H2,1-2H3. The Morgan fingerprint density at radius 1 is 1.24 bits per heavy atom. The van der Waals surface area contributed by atoms with Gasteiger partial charge in [0.2, 0.25) is 10.0 Å². The zero-order chi connectivity index (χ0) is 18.0. The van der Waals surface area contributed by atoms with Gasteiger partial charge in [-0.05, 0) is 44.2 Å². The normalized spacial score (nSPS) is 13.1. The fourth-order valence-corrected chi connectivity index (χ4v) is 3.79. The SMILES string of the molecule is Cc1cc(C)n(C(CNS(=O)(=O)c2ccccc2F)c2ccco2)n1.